The summed E-state index contributed by atoms with van der Waals surface area (Å²) in [6.07, 6.45) is 9.95. The number of nitrogens with zero attached hydrogens (tertiary/aromatic N) is 1. The van der Waals surface area contributed by atoms with Crippen molar-refractivity contribution in [2.75, 3.05) is 13.2 Å². The second-order valence-electron chi connectivity index (χ2n) is 13.2. The quantitative estimate of drug-likeness (QED) is 0.0815. The molecule has 1 aromatic heterocycles. The molecule has 270 valence electrons. The average Bonchev–Trinajstić information content (AvgIpc) is 3.83. The Balaban J connectivity index is 1.22. The van der Waals surface area contributed by atoms with Crippen LogP contribution in [0.15, 0.2) is 65.4 Å². The van der Waals surface area contributed by atoms with Crippen LogP contribution in [0.1, 0.15) is 67.2 Å². The number of rotatable bonds is 15. The van der Waals surface area contributed by atoms with Gasteiger partial charge in [-0.15, -0.1) is 0 Å². The van der Waals surface area contributed by atoms with Gasteiger partial charge in [-0.2, -0.15) is 0 Å². The first-order valence-electron chi connectivity index (χ1n) is 16.9. The van der Waals surface area contributed by atoms with Crippen molar-refractivity contribution in [3.63, 3.8) is 0 Å². The molecule has 0 unspecified atom stereocenters. The highest BCUT2D eigenvalue weighted by atomic mass is 33.1. The summed E-state index contributed by atoms with van der Waals surface area (Å²) in [7, 11) is 3.15. The molecule has 1 amide bonds. The molecule has 0 aliphatic carbocycles. The minimum Gasteiger partial charge on any atom is -0.464 e. The number of amides is 1. The van der Waals surface area contributed by atoms with Gasteiger partial charge in [-0.3, -0.25) is 14.4 Å². The monoisotopic (exact) mass is 718 g/mol. The van der Waals surface area contributed by atoms with Crippen molar-refractivity contribution in [3.05, 3.63) is 60.3 Å². The Bertz CT molecular complexity index is 1350. The zero-order chi connectivity index (χ0) is 35.6. The molecule has 0 bridgehead atoms. The fourth-order valence-corrected chi connectivity index (χ4v) is 7.77. The van der Waals surface area contributed by atoms with Gasteiger partial charge in [0.2, 0.25) is 5.91 Å². The lowest BCUT2D eigenvalue weighted by Gasteiger charge is -2.39. The van der Waals surface area contributed by atoms with E-state index >= 15 is 0 Å². The molecular formula is C36H50N2O9S2. The van der Waals surface area contributed by atoms with Crippen LogP contribution in [0.5, 0.6) is 0 Å². The fourth-order valence-electron chi connectivity index (χ4n) is 5.90. The number of hydrogen-bond donors (Lipinski definition) is 2. The van der Waals surface area contributed by atoms with E-state index < -0.39 is 36.0 Å². The molecule has 4 heterocycles. The molecule has 0 aromatic carbocycles. The van der Waals surface area contributed by atoms with Gasteiger partial charge in [0.1, 0.15) is 35.5 Å². The molecule has 3 aliphatic heterocycles. The van der Waals surface area contributed by atoms with Crippen LogP contribution in [0, 0.1) is 5.92 Å². The lowest BCUT2D eigenvalue weighted by molar-refractivity contribution is -0.159. The Labute approximate surface area is 297 Å². The zero-order valence-electron chi connectivity index (χ0n) is 29.1. The van der Waals surface area contributed by atoms with Crippen LogP contribution in [0.2, 0.25) is 0 Å². The molecule has 11 nitrogen and oxygen atoms in total. The number of carbonyl (C=O) groups is 3. The van der Waals surface area contributed by atoms with E-state index in [4.69, 9.17) is 23.7 Å². The number of epoxide rings is 1. The molecule has 10 atom stereocenters. The van der Waals surface area contributed by atoms with E-state index in [1.165, 1.54) is 13.0 Å². The summed E-state index contributed by atoms with van der Waals surface area (Å²) in [5.74, 6) is -0.787. The summed E-state index contributed by atoms with van der Waals surface area (Å²) >= 11 is 0. The Morgan fingerprint density at radius 3 is 2.65 bits per heavy atom. The number of aliphatic hydroxyl groups is 1. The van der Waals surface area contributed by atoms with Crippen LogP contribution < -0.4 is 5.32 Å². The number of pyridine rings is 1. The summed E-state index contributed by atoms with van der Waals surface area (Å²) in [5, 5.41) is 15.0. The third-order valence-corrected chi connectivity index (χ3v) is 11.5. The molecule has 1 spiro atoms. The molecule has 1 aromatic rings. The Morgan fingerprint density at radius 1 is 1.18 bits per heavy atom. The van der Waals surface area contributed by atoms with Crippen LogP contribution in [-0.2, 0) is 38.1 Å². The number of carbonyl (C=O) groups excluding carboxylic acids is 3. The summed E-state index contributed by atoms with van der Waals surface area (Å²) in [6, 6.07) is 5.61. The first-order chi connectivity index (χ1) is 23.3. The summed E-state index contributed by atoms with van der Waals surface area (Å²) in [4.78, 5) is 40.5. The van der Waals surface area contributed by atoms with Crippen LogP contribution >= 0.6 is 21.6 Å². The van der Waals surface area contributed by atoms with E-state index in [2.05, 4.69) is 23.3 Å². The first kappa shape index (κ1) is 39.1. The van der Waals surface area contributed by atoms with Crippen molar-refractivity contribution in [2.45, 2.75) is 126 Å². The van der Waals surface area contributed by atoms with Gasteiger partial charge < -0.3 is 34.1 Å². The van der Waals surface area contributed by atoms with Crippen molar-refractivity contribution in [1.82, 2.24) is 10.3 Å². The maximum Gasteiger partial charge on any atom is 0.308 e. The van der Waals surface area contributed by atoms with Crippen molar-refractivity contribution in [1.29, 1.82) is 0 Å². The average molecular weight is 719 g/mol. The molecule has 3 fully saturated rings. The van der Waals surface area contributed by atoms with Crippen LogP contribution in [0.25, 0.3) is 0 Å². The normalized spacial score (nSPS) is 31.4. The molecule has 13 heteroatoms. The molecular weight excluding hydrogens is 669 g/mol. The number of ether oxygens (including phenoxy) is 5. The minimum atomic E-state index is -0.835. The number of aliphatic hydroxyl groups excluding tert-OH is 1. The highest BCUT2D eigenvalue weighted by Crippen LogP contribution is 2.43. The predicted octanol–water partition coefficient (Wildman–Crippen LogP) is 5.13. The van der Waals surface area contributed by atoms with Gasteiger partial charge in [0, 0.05) is 30.9 Å². The second-order valence-corrected chi connectivity index (χ2v) is 15.9. The van der Waals surface area contributed by atoms with Gasteiger partial charge in [-0.1, -0.05) is 47.6 Å². The molecule has 3 aliphatic rings. The van der Waals surface area contributed by atoms with E-state index in [-0.39, 0.29) is 54.3 Å². The van der Waals surface area contributed by atoms with Gasteiger partial charge in [-0.25, -0.2) is 4.98 Å². The number of allylic oxidation sites excluding steroid dienone is 2. The van der Waals surface area contributed by atoms with Gasteiger partial charge in [0.15, 0.2) is 0 Å². The highest BCUT2D eigenvalue weighted by molar-refractivity contribution is 8.76. The van der Waals surface area contributed by atoms with Crippen molar-refractivity contribution in [3.8, 4) is 0 Å². The topological polar surface area (TPSA) is 146 Å². The predicted molar refractivity (Wildman–Crippen MR) is 189 cm³/mol. The third-order valence-electron chi connectivity index (χ3n) is 8.73. The lowest BCUT2D eigenvalue weighted by atomic mass is 9.87. The van der Waals surface area contributed by atoms with E-state index in [9.17, 15) is 19.5 Å². The fraction of sp³-hybridized carbons (Fsp3) is 0.611. The number of esters is 2. The Kier molecular flexibility index (Phi) is 14.8. The molecule has 4 rings (SSSR count). The summed E-state index contributed by atoms with van der Waals surface area (Å²) in [6.45, 7) is 11.8. The van der Waals surface area contributed by atoms with E-state index in [0.29, 0.717) is 19.4 Å². The molecule has 3 saturated heterocycles. The molecule has 49 heavy (non-hydrogen) atoms. The SMILES string of the molecule is CC(=O)O[C@@H](C)C=CC(=O)N[C@@H]1C[C@H](C)[C@H](CC=C(C)C=C[C@H]2O[C@H](CC(=O)OC[C@@H](C)SSc3ccccn3)C[C@@]3(CO3)[C@@H]2O)O[C@@H]1C. The maximum atomic E-state index is 12.7. The van der Waals surface area contributed by atoms with Gasteiger partial charge in [0.05, 0.1) is 37.4 Å². The first-order valence-corrected chi connectivity index (χ1v) is 19.1. The molecule has 2 N–H and O–H groups in total. The van der Waals surface area contributed by atoms with Crippen molar-refractivity contribution < 1.29 is 43.2 Å². The van der Waals surface area contributed by atoms with E-state index in [0.717, 1.165) is 17.0 Å². The largest absolute Gasteiger partial charge is 0.464 e. The van der Waals surface area contributed by atoms with Crippen molar-refractivity contribution in [2.24, 2.45) is 5.92 Å². The Morgan fingerprint density at radius 2 is 1.96 bits per heavy atom. The zero-order valence-corrected chi connectivity index (χ0v) is 30.7. The lowest BCUT2D eigenvalue weighted by Crippen LogP contribution is -2.50. The summed E-state index contributed by atoms with van der Waals surface area (Å²) in [5.41, 5.74) is 0.298. The van der Waals surface area contributed by atoms with Gasteiger partial charge in [0.25, 0.3) is 0 Å². The van der Waals surface area contributed by atoms with E-state index in [1.54, 1.807) is 40.8 Å². The third kappa shape index (κ3) is 12.6. The number of hydrogen-bond acceptors (Lipinski definition) is 12. The van der Waals surface area contributed by atoms with Crippen molar-refractivity contribution >= 4 is 39.4 Å². The maximum absolute atomic E-state index is 12.7. The van der Waals surface area contributed by atoms with E-state index in [1.807, 2.05) is 51.1 Å². The number of aromatic nitrogens is 1. The van der Waals surface area contributed by atoms with Crippen LogP contribution in [0.3, 0.4) is 0 Å². The Hall–Kier alpha value is -2.68. The highest BCUT2D eigenvalue weighted by Gasteiger charge is 2.58. The minimum absolute atomic E-state index is 0.0178. The standard InChI is InChI=1S/C36H50N2O9S2/c1-22(10-13-30-23(2)17-29(26(5)46-30)38-32(40)15-12-24(3)45-27(6)39)11-14-31-35(42)36(21-44-36)19-28(47-31)18-34(41)43-20-25(4)48-49-33-9-7-8-16-37-33/h7-12,14-16,23-26,28-31,35,42H,13,17-21H2,1-6H3,(H,38,40)/t23-,24-,25+,26+,28+,29+,30-,31+,35+,36+/m0/s1. The number of nitrogens with one attached hydrogen (secondary N) is 1. The van der Waals surface area contributed by atoms with Gasteiger partial charge in [-0.05, 0) is 75.5 Å². The van der Waals surface area contributed by atoms with Gasteiger partial charge >= 0.3 is 11.9 Å². The molecule has 0 saturated carbocycles. The molecule has 0 radical (unpaired) electrons. The van der Waals surface area contributed by atoms with Crippen LogP contribution in [-0.4, -0.2) is 94.7 Å². The smallest absolute Gasteiger partial charge is 0.308 e. The van der Waals surface area contributed by atoms with Crippen LogP contribution in [0.4, 0.5) is 0 Å². The summed E-state index contributed by atoms with van der Waals surface area (Å²) < 4.78 is 28.7. The second kappa shape index (κ2) is 18.5.